The second kappa shape index (κ2) is 5.69. The van der Waals surface area contributed by atoms with Crippen LogP contribution in [0.1, 0.15) is 24.5 Å². The lowest BCUT2D eigenvalue weighted by atomic mass is 9.99. The molecule has 1 aromatic rings. The van der Waals surface area contributed by atoms with E-state index in [2.05, 4.69) is 6.92 Å². The Bertz CT molecular complexity index is 492. The van der Waals surface area contributed by atoms with E-state index < -0.39 is 5.72 Å². The summed E-state index contributed by atoms with van der Waals surface area (Å²) in [5, 5.41) is 11.1. The van der Waals surface area contributed by atoms with Gasteiger partial charge < -0.3 is 14.7 Å². The lowest BCUT2D eigenvalue weighted by molar-refractivity contribution is -0.0480. The molecule has 0 aromatic heterocycles. The van der Waals surface area contributed by atoms with E-state index in [-0.39, 0.29) is 0 Å². The molecule has 0 spiro atoms. The van der Waals surface area contributed by atoms with E-state index in [1.54, 1.807) is 7.11 Å². The summed E-state index contributed by atoms with van der Waals surface area (Å²) in [6.45, 7) is 4.84. The van der Waals surface area contributed by atoms with Crippen molar-refractivity contribution >= 4 is 28.3 Å². The lowest BCUT2D eigenvalue weighted by Crippen LogP contribution is -2.45. The topological polar surface area (TPSA) is 32.7 Å². The highest BCUT2D eigenvalue weighted by atomic mass is 32.2. The number of nitrogens with zero attached hydrogens (tertiary/aromatic N) is 1. The van der Waals surface area contributed by atoms with Gasteiger partial charge in [0, 0.05) is 12.1 Å². The van der Waals surface area contributed by atoms with Gasteiger partial charge in [0.05, 0.1) is 12.9 Å². The quantitative estimate of drug-likeness (QED) is 0.864. The number of benzene rings is 1. The van der Waals surface area contributed by atoms with E-state index in [1.807, 2.05) is 30.0 Å². The van der Waals surface area contributed by atoms with Gasteiger partial charge in [0.15, 0.2) is 5.72 Å². The molecule has 0 saturated carbocycles. The van der Waals surface area contributed by atoms with Gasteiger partial charge in [-0.25, -0.2) is 0 Å². The van der Waals surface area contributed by atoms with Gasteiger partial charge in [0.25, 0.3) is 0 Å². The van der Waals surface area contributed by atoms with Crippen LogP contribution in [0.4, 0.5) is 0 Å². The van der Waals surface area contributed by atoms with Gasteiger partial charge in [-0.1, -0.05) is 42.5 Å². The van der Waals surface area contributed by atoms with Crippen LogP contribution in [-0.4, -0.2) is 33.7 Å². The van der Waals surface area contributed by atoms with Crippen LogP contribution in [0, 0.1) is 6.92 Å². The molecule has 1 atom stereocenters. The largest absolute Gasteiger partial charge is 0.496 e. The summed E-state index contributed by atoms with van der Waals surface area (Å²) in [5.41, 5.74) is 0.842. The molecule has 2 rings (SSSR count). The molecular formula is C14H19NO2S2. The van der Waals surface area contributed by atoms with Crippen molar-refractivity contribution in [3.05, 3.63) is 29.3 Å². The van der Waals surface area contributed by atoms with E-state index >= 15 is 0 Å². The zero-order valence-electron chi connectivity index (χ0n) is 11.5. The highest BCUT2D eigenvalue weighted by molar-refractivity contribution is 8.23. The molecule has 5 heteroatoms. The van der Waals surface area contributed by atoms with Crippen LogP contribution in [0.5, 0.6) is 5.75 Å². The van der Waals surface area contributed by atoms with Gasteiger partial charge in [-0.15, -0.1) is 0 Å². The van der Waals surface area contributed by atoms with Crippen molar-refractivity contribution in [2.75, 3.05) is 19.4 Å². The first-order valence-electron chi connectivity index (χ1n) is 6.35. The van der Waals surface area contributed by atoms with Gasteiger partial charge in [0.2, 0.25) is 0 Å². The van der Waals surface area contributed by atoms with Crippen molar-refractivity contribution in [3.8, 4) is 5.75 Å². The van der Waals surface area contributed by atoms with Gasteiger partial charge in [-0.2, -0.15) is 0 Å². The minimum Gasteiger partial charge on any atom is -0.496 e. The van der Waals surface area contributed by atoms with Gasteiger partial charge in [-0.05, 0) is 25.5 Å². The second-order valence-electron chi connectivity index (χ2n) is 4.73. The Balaban J connectivity index is 2.49. The van der Waals surface area contributed by atoms with Crippen LogP contribution >= 0.6 is 24.0 Å². The number of aryl methyl sites for hydroxylation is 1. The van der Waals surface area contributed by atoms with Gasteiger partial charge >= 0.3 is 0 Å². The third-order valence-electron chi connectivity index (χ3n) is 3.30. The van der Waals surface area contributed by atoms with Crippen LogP contribution < -0.4 is 4.74 Å². The zero-order valence-corrected chi connectivity index (χ0v) is 13.1. The smallest absolute Gasteiger partial charge is 0.178 e. The molecule has 1 heterocycles. The fraction of sp³-hybridized carbons (Fsp3) is 0.500. The van der Waals surface area contributed by atoms with Crippen molar-refractivity contribution in [2.45, 2.75) is 26.0 Å². The summed E-state index contributed by atoms with van der Waals surface area (Å²) in [6, 6.07) is 5.87. The second-order valence-corrected chi connectivity index (χ2v) is 6.34. The first-order chi connectivity index (χ1) is 9.02. The average molecular weight is 297 g/mol. The highest BCUT2D eigenvalue weighted by Gasteiger charge is 2.45. The van der Waals surface area contributed by atoms with E-state index in [0.717, 1.165) is 28.4 Å². The number of aliphatic hydroxyl groups is 1. The fourth-order valence-corrected chi connectivity index (χ4v) is 3.78. The highest BCUT2D eigenvalue weighted by Crippen LogP contribution is 2.42. The number of hydrogen-bond donors (Lipinski definition) is 1. The van der Waals surface area contributed by atoms with Crippen molar-refractivity contribution in [2.24, 2.45) is 0 Å². The monoisotopic (exact) mass is 297 g/mol. The molecule has 1 aliphatic heterocycles. The van der Waals surface area contributed by atoms with Crippen molar-refractivity contribution in [1.82, 2.24) is 4.90 Å². The molecule has 19 heavy (non-hydrogen) atoms. The molecule has 104 valence electrons. The van der Waals surface area contributed by atoms with E-state index in [4.69, 9.17) is 17.0 Å². The third kappa shape index (κ3) is 2.59. The van der Waals surface area contributed by atoms with E-state index in [0.29, 0.717) is 11.5 Å². The maximum atomic E-state index is 11.1. The summed E-state index contributed by atoms with van der Waals surface area (Å²) in [4.78, 5) is 1.91. The zero-order chi connectivity index (χ0) is 14.0. The Morgan fingerprint density at radius 3 is 2.89 bits per heavy atom. The molecule has 1 unspecified atom stereocenters. The Morgan fingerprint density at radius 2 is 2.26 bits per heavy atom. The number of rotatable bonds is 4. The van der Waals surface area contributed by atoms with E-state index in [1.165, 1.54) is 11.8 Å². The van der Waals surface area contributed by atoms with Crippen molar-refractivity contribution in [3.63, 3.8) is 0 Å². The Morgan fingerprint density at radius 1 is 1.53 bits per heavy atom. The molecule has 1 aromatic carbocycles. The van der Waals surface area contributed by atoms with Crippen LogP contribution in [0.25, 0.3) is 0 Å². The summed E-state index contributed by atoms with van der Waals surface area (Å²) in [7, 11) is 1.63. The Kier molecular flexibility index (Phi) is 4.38. The maximum absolute atomic E-state index is 11.1. The molecule has 1 saturated heterocycles. The fourth-order valence-electron chi connectivity index (χ4n) is 2.33. The van der Waals surface area contributed by atoms with E-state index in [9.17, 15) is 5.11 Å². The van der Waals surface area contributed by atoms with Gasteiger partial charge in [-0.3, -0.25) is 0 Å². The predicted octanol–water partition coefficient (Wildman–Crippen LogP) is 2.89. The normalized spacial score (nSPS) is 22.9. The third-order valence-corrected chi connectivity index (χ3v) is 4.89. The standard InChI is InChI=1S/C14H19NO2S2/c1-4-7-15-13(18)19-9-14(15,16)11-8-10(2)5-6-12(11)17-3/h5-6,8,16H,4,7,9H2,1-3H3. The Hall–Kier alpha value is -0.780. The number of methoxy groups -OCH3 is 1. The summed E-state index contributed by atoms with van der Waals surface area (Å²) in [5.74, 6) is 1.26. The molecule has 0 amide bonds. The summed E-state index contributed by atoms with van der Waals surface area (Å²) < 4.78 is 6.16. The first kappa shape index (κ1) is 14.6. The maximum Gasteiger partial charge on any atom is 0.178 e. The SMILES string of the molecule is CCCN1C(=S)SCC1(O)c1cc(C)ccc1OC. The molecule has 0 aliphatic carbocycles. The first-order valence-corrected chi connectivity index (χ1v) is 7.74. The molecule has 1 aliphatic rings. The lowest BCUT2D eigenvalue weighted by Gasteiger charge is -2.35. The van der Waals surface area contributed by atoms with Crippen molar-refractivity contribution < 1.29 is 9.84 Å². The van der Waals surface area contributed by atoms with Crippen LogP contribution in [0.3, 0.4) is 0 Å². The number of hydrogen-bond acceptors (Lipinski definition) is 4. The van der Waals surface area contributed by atoms with Crippen LogP contribution in [-0.2, 0) is 5.72 Å². The van der Waals surface area contributed by atoms with Crippen LogP contribution in [0.2, 0.25) is 0 Å². The molecule has 0 radical (unpaired) electrons. The number of ether oxygens (including phenoxy) is 1. The predicted molar refractivity (Wildman–Crippen MR) is 83.7 cm³/mol. The van der Waals surface area contributed by atoms with Crippen LogP contribution in [0.15, 0.2) is 18.2 Å². The van der Waals surface area contributed by atoms with Crippen molar-refractivity contribution in [1.29, 1.82) is 0 Å². The summed E-state index contributed by atoms with van der Waals surface area (Å²) >= 11 is 6.88. The molecule has 1 N–H and O–H groups in total. The summed E-state index contributed by atoms with van der Waals surface area (Å²) in [6.07, 6.45) is 0.942. The average Bonchev–Trinajstić information content (AvgIpc) is 2.69. The minimum absolute atomic E-state index is 0.547. The van der Waals surface area contributed by atoms with Gasteiger partial charge in [0.1, 0.15) is 10.1 Å². The molecule has 1 fully saturated rings. The minimum atomic E-state index is -1.06. The molecule has 3 nitrogen and oxygen atoms in total. The molecule has 0 bridgehead atoms. The number of thiocarbonyl (C=S) groups is 1. The Labute approximate surface area is 123 Å². The number of thioether (sulfide) groups is 1. The molecular weight excluding hydrogens is 278 g/mol.